The largest absolute Gasteiger partial charge is 0.494 e. The lowest BCUT2D eigenvalue weighted by Gasteiger charge is -2.52. The van der Waals surface area contributed by atoms with Gasteiger partial charge in [-0.2, -0.15) is 0 Å². The van der Waals surface area contributed by atoms with Crippen molar-refractivity contribution in [2.24, 2.45) is 0 Å². The lowest BCUT2D eigenvalue weighted by molar-refractivity contribution is -0.149. The molecule has 2 aromatic rings. The molecule has 0 radical (unpaired) electrons. The lowest BCUT2D eigenvalue weighted by atomic mass is 9.74. The van der Waals surface area contributed by atoms with Gasteiger partial charge in [-0.25, -0.2) is 0 Å². The van der Waals surface area contributed by atoms with Gasteiger partial charge in [0.05, 0.1) is 30.0 Å². The number of hydrogen-bond donors (Lipinski definition) is 1. The van der Waals surface area contributed by atoms with Crippen molar-refractivity contribution in [3.63, 3.8) is 0 Å². The molecule has 32 heavy (non-hydrogen) atoms. The number of fused-ring (bicyclic) bond motifs is 2. The third-order valence-electron chi connectivity index (χ3n) is 7.89. The number of nitrogens with zero attached hydrogens (tertiary/aromatic N) is 1. The van der Waals surface area contributed by atoms with E-state index in [1.54, 1.807) is 0 Å². The highest BCUT2D eigenvalue weighted by molar-refractivity contribution is 6.62. The summed E-state index contributed by atoms with van der Waals surface area (Å²) < 4.78 is 18.2. The Balaban J connectivity index is 1.32. The van der Waals surface area contributed by atoms with E-state index in [1.807, 2.05) is 24.3 Å². The van der Waals surface area contributed by atoms with Crippen LogP contribution in [0.15, 0.2) is 54.6 Å². The molecular weight excluding hydrogens is 401 g/mol. The molecule has 2 aromatic carbocycles. The zero-order valence-corrected chi connectivity index (χ0v) is 19.6. The Kier molecular flexibility index (Phi) is 5.50. The Labute approximate surface area is 191 Å². The number of ether oxygens (including phenoxy) is 1. The second kappa shape index (κ2) is 7.96. The zero-order valence-electron chi connectivity index (χ0n) is 19.6. The predicted molar refractivity (Wildman–Crippen MR) is 126 cm³/mol. The zero-order chi connectivity index (χ0) is 22.6. The van der Waals surface area contributed by atoms with Gasteiger partial charge in [0, 0.05) is 18.6 Å². The molecule has 3 aliphatic rings. The molecule has 2 unspecified atom stereocenters. The molecule has 0 saturated carbocycles. The van der Waals surface area contributed by atoms with Gasteiger partial charge in [-0.1, -0.05) is 54.6 Å². The molecule has 170 valence electrons. The first-order valence-electron chi connectivity index (χ1n) is 11.7. The molecule has 2 bridgehead atoms. The minimum absolute atomic E-state index is 0.204. The van der Waals surface area contributed by atoms with E-state index in [9.17, 15) is 5.11 Å². The van der Waals surface area contributed by atoms with E-state index in [2.05, 4.69) is 62.9 Å². The molecule has 3 heterocycles. The summed E-state index contributed by atoms with van der Waals surface area (Å²) in [5.41, 5.74) is 1.69. The number of benzene rings is 2. The van der Waals surface area contributed by atoms with Gasteiger partial charge in [-0.15, -0.1) is 0 Å². The van der Waals surface area contributed by atoms with Gasteiger partial charge >= 0.3 is 7.12 Å². The molecule has 1 N–H and O–H groups in total. The highest BCUT2D eigenvalue weighted by Gasteiger charge is 2.52. The average molecular weight is 435 g/mol. The Hall–Kier alpha value is -1.70. The highest BCUT2D eigenvalue weighted by atomic mass is 16.7. The van der Waals surface area contributed by atoms with Crippen molar-refractivity contribution in [1.29, 1.82) is 0 Å². The molecular formula is C26H34BNO4. The molecule has 0 aromatic heterocycles. The van der Waals surface area contributed by atoms with E-state index in [1.165, 1.54) is 5.56 Å². The van der Waals surface area contributed by atoms with Crippen molar-refractivity contribution in [3.05, 3.63) is 65.7 Å². The van der Waals surface area contributed by atoms with E-state index in [0.29, 0.717) is 26.1 Å². The summed E-state index contributed by atoms with van der Waals surface area (Å²) in [5, 5.41) is 11.7. The maximum absolute atomic E-state index is 11.7. The Bertz CT molecular complexity index is 916. The van der Waals surface area contributed by atoms with Crippen LogP contribution in [0.5, 0.6) is 0 Å². The number of rotatable bonds is 4. The van der Waals surface area contributed by atoms with Crippen LogP contribution >= 0.6 is 0 Å². The maximum atomic E-state index is 11.7. The van der Waals surface area contributed by atoms with Crippen molar-refractivity contribution in [1.82, 2.24) is 4.90 Å². The molecule has 3 fully saturated rings. The smallest absolute Gasteiger partial charge is 0.399 e. The molecule has 5 nitrogen and oxygen atoms in total. The SMILES string of the molecule is CC1(C)OB(c2ccc(C3(O)CC4COCC(C3)N4Cc3ccccc3)cc2)OC1(C)C. The minimum atomic E-state index is -0.846. The average Bonchev–Trinajstić information content (AvgIpc) is 2.97. The molecule has 5 rings (SSSR count). The fourth-order valence-corrected chi connectivity index (χ4v) is 5.26. The van der Waals surface area contributed by atoms with Crippen molar-refractivity contribution in [3.8, 4) is 0 Å². The van der Waals surface area contributed by atoms with Gasteiger partial charge in [0.1, 0.15) is 0 Å². The predicted octanol–water partition coefficient (Wildman–Crippen LogP) is 3.24. The summed E-state index contributed by atoms with van der Waals surface area (Å²) in [6.07, 6.45) is 1.35. The monoisotopic (exact) mass is 435 g/mol. The summed E-state index contributed by atoms with van der Waals surface area (Å²) >= 11 is 0. The van der Waals surface area contributed by atoms with E-state index < -0.39 is 5.60 Å². The van der Waals surface area contributed by atoms with Gasteiger partial charge in [-0.05, 0) is 57.1 Å². The van der Waals surface area contributed by atoms with Crippen molar-refractivity contribution < 1.29 is 19.2 Å². The lowest BCUT2D eigenvalue weighted by Crippen LogP contribution is -2.60. The van der Waals surface area contributed by atoms with Crippen molar-refractivity contribution in [2.45, 2.75) is 76.0 Å². The second-order valence-corrected chi connectivity index (χ2v) is 10.7. The van der Waals surface area contributed by atoms with Crippen LogP contribution in [0.25, 0.3) is 0 Å². The first-order valence-corrected chi connectivity index (χ1v) is 11.7. The molecule has 2 atom stereocenters. The molecule has 0 amide bonds. The summed E-state index contributed by atoms with van der Waals surface area (Å²) in [6, 6.07) is 19.1. The quantitative estimate of drug-likeness (QED) is 0.748. The minimum Gasteiger partial charge on any atom is -0.399 e. The molecule has 0 aliphatic carbocycles. The Morgan fingerprint density at radius 2 is 1.44 bits per heavy atom. The van der Waals surface area contributed by atoms with Gasteiger partial charge in [0.15, 0.2) is 0 Å². The van der Waals surface area contributed by atoms with Gasteiger partial charge in [0.25, 0.3) is 0 Å². The van der Waals surface area contributed by atoms with Crippen molar-refractivity contribution >= 4 is 12.6 Å². The second-order valence-electron chi connectivity index (χ2n) is 10.7. The summed E-state index contributed by atoms with van der Waals surface area (Å²) in [7, 11) is -0.385. The molecule has 3 saturated heterocycles. The van der Waals surface area contributed by atoms with E-state index in [0.717, 1.165) is 17.6 Å². The summed E-state index contributed by atoms with van der Waals surface area (Å²) in [6.45, 7) is 10.5. The topological polar surface area (TPSA) is 51.2 Å². The van der Waals surface area contributed by atoms with Gasteiger partial charge in [0.2, 0.25) is 0 Å². The third-order valence-corrected chi connectivity index (χ3v) is 7.89. The van der Waals surface area contributed by atoms with Crippen LogP contribution in [0.1, 0.15) is 51.7 Å². The number of aliphatic hydroxyl groups is 1. The summed E-state index contributed by atoms with van der Waals surface area (Å²) in [5.74, 6) is 0. The molecule has 3 aliphatic heterocycles. The van der Waals surface area contributed by atoms with Crippen LogP contribution in [0, 0.1) is 0 Å². The van der Waals surface area contributed by atoms with Crippen LogP contribution in [-0.4, -0.2) is 53.6 Å². The van der Waals surface area contributed by atoms with Crippen LogP contribution in [0.4, 0.5) is 0 Å². The van der Waals surface area contributed by atoms with Crippen molar-refractivity contribution in [2.75, 3.05) is 13.2 Å². The summed E-state index contributed by atoms with van der Waals surface area (Å²) in [4.78, 5) is 2.52. The Morgan fingerprint density at radius 1 is 0.875 bits per heavy atom. The number of morpholine rings is 1. The fraction of sp³-hybridized carbons (Fsp3) is 0.538. The van der Waals surface area contributed by atoms with Crippen LogP contribution in [-0.2, 0) is 26.2 Å². The van der Waals surface area contributed by atoms with Crippen LogP contribution < -0.4 is 5.46 Å². The maximum Gasteiger partial charge on any atom is 0.494 e. The first-order chi connectivity index (χ1) is 15.2. The fourth-order valence-electron chi connectivity index (χ4n) is 5.26. The van der Waals surface area contributed by atoms with Gasteiger partial charge < -0.3 is 19.2 Å². The van der Waals surface area contributed by atoms with Crippen LogP contribution in [0.2, 0.25) is 0 Å². The third kappa shape index (κ3) is 3.93. The van der Waals surface area contributed by atoms with E-state index >= 15 is 0 Å². The van der Waals surface area contributed by atoms with E-state index in [4.69, 9.17) is 14.0 Å². The van der Waals surface area contributed by atoms with Crippen LogP contribution in [0.3, 0.4) is 0 Å². The first kappa shape index (κ1) is 22.1. The normalized spacial score (nSPS) is 31.6. The molecule has 6 heteroatoms. The van der Waals surface area contributed by atoms with Gasteiger partial charge in [-0.3, -0.25) is 4.90 Å². The standard InChI is InChI=1S/C26H34BNO4/c1-24(2)25(3,4)32-27(31-24)21-12-10-20(11-13-21)26(29)14-22-17-30-18-23(15-26)28(22)16-19-8-6-5-7-9-19/h5-13,22-23,29H,14-18H2,1-4H3. The number of hydrogen-bond acceptors (Lipinski definition) is 5. The highest BCUT2D eigenvalue weighted by Crippen LogP contribution is 2.42. The molecule has 0 spiro atoms. The number of piperidine rings is 1. The Morgan fingerprint density at radius 3 is 2.00 bits per heavy atom. The van der Waals surface area contributed by atoms with E-state index in [-0.39, 0.29) is 30.4 Å².